The first kappa shape index (κ1) is 27.1. The number of hydrogen-bond donors (Lipinski definition) is 0. The maximum atomic E-state index is 11.6. The fourth-order valence-corrected chi connectivity index (χ4v) is 9.44. The Balaban J connectivity index is 0.00000320. The third-order valence-electron chi connectivity index (χ3n) is 7.08. The largest absolute Gasteiger partial charge is 0.493 e. The summed E-state index contributed by atoms with van der Waals surface area (Å²) < 4.78 is 6.17. The van der Waals surface area contributed by atoms with E-state index in [1.165, 1.54) is 22.3 Å². The number of benzene rings is 4. The van der Waals surface area contributed by atoms with Crippen LogP contribution in [0.1, 0.15) is 29.6 Å². The van der Waals surface area contributed by atoms with Crippen LogP contribution in [0.25, 0.3) is 0 Å². The smallest absolute Gasteiger partial charge is 0.153 e. The Hall–Kier alpha value is -2.94. The van der Waals surface area contributed by atoms with Crippen LogP contribution in [0, 0.1) is 0 Å². The Morgan fingerprint density at radius 3 is 1.73 bits per heavy atom. The molecule has 0 saturated carbocycles. The number of nitrogens with zero attached hydrogens (tertiary/aromatic N) is 1. The maximum Gasteiger partial charge on any atom is 0.153 e. The maximum absolute atomic E-state index is 11.6. The van der Waals surface area contributed by atoms with Crippen molar-refractivity contribution in [3.05, 3.63) is 115 Å². The summed E-state index contributed by atoms with van der Waals surface area (Å²) >= 11 is 0. The highest BCUT2D eigenvalue weighted by Crippen LogP contribution is 2.55. The van der Waals surface area contributed by atoms with E-state index in [4.69, 9.17) is 4.74 Å². The van der Waals surface area contributed by atoms with Gasteiger partial charge in [-0.3, -0.25) is 4.79 Å². The molecule has 0 unspecified atom stereocenters. The van der Waals surface area contributed by atoms with Crippen molar-refractivity contribution in [2.45, 2.75) is 19.3 Å². The van der Waals surface area contributed by atoms with Crippen molar-refractivity contribution in [2.24, 2.45) is 0 Å². The first-order chi connectivity index (χ1) is 17.8. The lowest BCUT2D eigenvalue weighted by atomic mass is 10.1. The second-order valence-electron chi connectivity index (χ2n) is 9.28. The van der Waals surface area contributed by atoms with Crippen LogP contribution in [0.4, 0.5) is 5.69 Å². The molecule has 1 aliphatic heterocycles. The molecule has 1 saturated heterocycles. The molecule has 4 aromatic carbocycles. The van der Waals surface area contributed by atoms with Gasteiger partial charge in [0.15, 0.2) is 6.29 Å². The number of anilines is 1. The molecule has 1 fully saturated rings. The summed E-state index contributed by atoms with van der Waals surface area (Å²) in [6.45, 7) is 2.75. The second kappa shape index (κ2) is 13.0. The Kier molecular flexibility index (Phi) is 9.55. The summed E-state index contributed by atoms with van der Waals surface area (Å²) in [5, 5.41) is 4.23. The van der Waals surface area contributed by atoms with Crippen molar-refractivity contribution in [1.82, 2.24) is 0 Å². The van der Waals surface area contributed by atoms with Gasteiger partial charge in [0.1, 0.15) is 28.9 Å². The standard InChI is InChI=1S/C32H33NO2P.BrH/c34-26-27-19-20-28(33-21-12-22-33)25-32(27)35-23-10-11-24-36(29-13-4-1-5-14-29,30-15-6-2-7-16-30)31-17-8-3-9-18-31;/h1-9,13-20,25-26H,10-12,21-24H2;1H/q+1;. The Morgan fingerprint density at radius 2 is 1.27 bits per heavy atom. The van der Waals surface area contributed by atoms with Crippen LogP contribution in [-0.2, 0) is 0 Å². The number of carbonyl (C=O) groups excluding carboxylic acids is 1. The van der Waals surface area contributed by atoms with E-state index in [2.05, 4.69) is 95.9 Å². The van der Waals surface area contributed by atoms with Gasteiger partial charge < -0.3 is 9.64 Å². The van der Waals surface area contributed by atoms with Gasteiger partial charge in [-0.25, -0.2) is 0 Å². The fourth-order valence-electron chi connectivity index (χ4n) is 5.03. The number of ether oxygens (including phenoxy) is 1. The number of hydrogen-bond acceptors (Lipinski definition) is 3. The first-order valence-electron chi connectivity index (χ1n) is 12.8. The topological polar surface area (TPSA) is 29.5 Å². The zero-order valence-electron chi connectivity index (χ0n) is 21.0. The molecule has 5 rings (SSSR count). The molecule has 0 radical (unpaired) electrons. The average molecular weight is 576 g/mol. The van der Waals surface area contributed by atoms with Gasteiger partial charge in [0.25, 0.3) is 0 Å². The predicted octanol–water partition coefficient (Wildman–Crippen LogP) is 6.44. The lowest BCUT2D eigenvalue weighted by molar-refractivity contribution is 0.111. The summed E-state index contributed by atoms with van der Waals surface area (Å²) in [6.07, 6.45) is 5.16. The second-order valence-corrected chi connectivity index (χ2v) is 12.9. The normalized spacial score (nSPS) is 12.8. The van der Waals surface area contributed by atoms with Crippen LogP contribution in [0.5, 0.6) is 5.75 Å². The molecule has 0 bridgehead atoms. The molecule has 37 heavy (non-hydrogen) atoms. The zero-order valence-corrected chi connectivity index (χ0v) is 23.6. The molecule has 0 aromatic heterocycles. The number of unbranched alkanes of at least 4 members (excludes halogenated alkanes) is 1. The molecular formula is C32H34BrNO2P+. The monoisotopic (exact) mass is 574 g/mol. The van der Waals surface area contributed by atoms with Gasteiger partial charge in [-0.05, 0) is 67.8 Å². The molecule has 3 nitrogen and oxygen atoms in total. The van der Waals surface area contributed by atoms with E-state index in [0.717, 1.165) is 44.1 Å². The van der Waals surface area contributed by atoms with E-state index in [1.807, 2.05) is 18.2 Å². The van der Waals surface area contributed by atoms with E-state index in [9.17, 15) is 4.79 Å². The summed E-state index contributed by atoms with van der Waals surface area (Å²) in [5.74, 6) is 0.699. The molecule has 1 aliphatic rings. The molecule has 0 atom stereocenters. The van der Waals surface area contributed by atoms with Gasteiger partial charge in [0, 0.05) is 24.8 Å². The highest BCUT2D eigenvalue weighted by atomic mass is 79.9. The van der Waals surface area contributed by atoms with Crippen molar-refractivity contribution < 1.29 is 9.53 Å². The van der Waals surface area contributed by atoms with Crippen LogP contribution in [0.3, 0.4) is 0 Å². The minimum absolute atomic E-state index is 0. The Labute approximate surface area is 231 Å². The van der Waals surface area contributed by atoms with Crippen molar-refractivity contribution in [3.8, 4) is 5.75 Å². The number of carbonyl (C=O) groups is 1. The van der Waals surface area contributed by atoms with Crippen LogP contribution in [0.15, 0.2) is 109 Å². The molecule has 190 valence electrons. The number of aldehydes is 1. The Morgan fingerprint density at radius 1 is 0.730 bits per heavy atom. The molecular weight excluding hydrogens is 541 g/mol. The summed E-state index contributed by atoms with van der Waals surface area (Å²) in [4.78, 5) is 13.9. The molecule has 0 spiro atoms. The van der Waals surface area contributed by atoms with Crippen molar-refractivity contribution in [2.75, 3.05) is 30.8 Å². The van der Waals surface area contributed by atoms with Gasteiger partial charge in [-0.1, -0.05) is 54.6 Å². The highest BCUT2D eigenvalue weighted by Gasteiger charge is 2.44. The predicted molar refractivity (Wildman–Crippen MR) is 164 cm³/mol. The molecule has 1 heterocycles. The average Bonchev–Trinajstić information content (AvgIpc) is 2.91. The van der Waals surface area contributed by atoms with Gasteiger partial charge in [0.2, 0.25) is 0 Å². The van der Waals surface area contributed by atoms with Crippen molar-refractivity contribution in [1.29, 1.82) is 0 Å². The van der Waals surface area contributed by atoms with Crippen LogP contribution in [0.2, 0.25) is 0 Å². The summed E-state index contributed by atoms with van der Waals surface area (Å²) in [6, 6.07) is 38.9. The Bertz CT molecular complexity index is 1170. The van der Waals surface area contributed by atoms with Gasteiger partial charge in [0.05, 0.1) is 18.3 Å². The molecule has 0 amide bonds. The zero-order chi connectivity index (χ0) is 24.6. The third-order valence-corrected chi connectivity index (χ3v) is 11.6. The van der Waals surface area contributed by atoms with Gasteiger partial charge in [-0.15, -0.1) is 17.0 Å². The molecule has 5 heteroatoms. The number of halogens is 1. The number of rotatable bonds is 11. The van der Waals surface area contributed by atoms with Gasteiger partial charge in [-0.2, -0.15) is 0 Å². The fraction of sp³-hybridized carbons (Fsp3) is 0.219. The summed E-state index contributed by atoms with van der Waals surface area (Å²) in [5.41, 5.74) is 1.77. The van der Waals surface area contributed by atoms with E-state index < -0.39 is 7.26 Å². The molecule has 4 aromatic rings. The quantitative estimate of drug-likeness (QED) is 0.117. The molecule has 0 N–H and O–H groups in total. The van der Waals surface area contributed by atoms with Crippen LogP contribution < -0.4 is 25.6 Å². The van der Waals surface area contributed by atoms with Gasteiger partial charge >= 0.3 is 0 Å². The lowest BCUT2D eigenvalue weighted by Crippen LogP contribution is -2.36. The first-order valence-corrected chi connectivity index (χ1v) is 14.8. The minimum atomic E-state index is -1.82. The van der Waals surface area contributed by atoms with Crippen LogP contribution >= 0.6 is 24.2 Å². The highest BCUT2D eigenvalue weighted by molar-refractivity contribution is 8.93. The van der Waals surface area contributed by atoms with Crippen molar-refractivity contribution >= 4 is 52.1 Å². The summed E-state index contributed by atoms with van der Waals surface area (Å²) in [7, 11) is -1.82. The van der Waals surface area contributed by atoms with Crippen LogP contribution in [-0.4, -0.2) is 32.1 Å². The van der Waals surface area contributed by atoms with E-state index in [-0.39, 0.29) is 17.0 Å². The minimum Gasteiger partial charge on any atom is -0.493 e. The lowest BCUT2D eigenvalue weighted by Gasteiger charge is -2.33. The van der Waals surface area contributed by atoms with E-state index in [1.54, 1.807) is 0 Å². The molecule has 0 aliphatic carbocycles. The van der Waals surface area contributed by atoms with E-state index >= 15 is 0 Å². The third kappa shape index (κ3) is 5.98. The van der Waals surface area contributed by atoms with E-state index in [0.29, 0.717) is 17.9 Å². The SMILES string of the molecule is Br.O=Cc1ccc(N2CCC2)cc1OCCCC[P+](c1ccccc1)(c1ccccc1)c1ccccc1. The van der Waals surface area contributed by atoms with Crippen molar-refractivity contribution in [3.63, 3.8) is 0 Å².